The average Bonchev–Trinajstić information content (AvgIpc) is 3.50. The Morgan fingerprint density at radius 2 is 1.08 bits per heavy atom. The van der Waals surface area contributed by atoms with Crippen LogP contribution in [0.1, 0.15) is 191 Å². The molecule has 1 spiro atoms. The first-order chi connectivity index (χ1) is 23.0. The molecule has 15 unspecified atom stereocenters. The number of hydrogen-bond donors (Lipinski definition) is 0. The van der Waals surface area contributed by atoms with Crippen LogP contribution in [-0.4, -0.2) is 0 Å². The minimum atomic E-state index is 0.518. The van der Waals surface area contributed by atoms with E-state index in [1.165, 1.54) is 32.1 Å². The zero-order chi connectivity index (χ0) is 33.8. The number of rotatable bonds is 6. The molecule has 0 heteroatoms. The van der Waals surface area contributed by atoms with Gasteiger partial charge in [0.25, 0.3) is 0 Å². The van der Waals surface area contributed by atoms with Gasteiger partial charge in [0, 0.05) is 0 Å². The third kappa shape index (κ3) is 4.96. The van der Waals surface area contributed by atoms with Gasteiger partial charge in [-0.05, 0) is 168 Å². The van der Waals surface area contributed by atoms with Gasteiger partial charge in [-0.1, -0.05) is 133 Å². The van der Waals surface area contributed by atoms with Crippen LogP contribution >= 0.6 is 0 Å². The van der Waals surface area contributed by atoms with E-state index in [4.69, 9.17) is 0 Å². The summed E-state index contributed by atoms with van der Waals surface area (Å²) in [5.74, 6) is 15.5. The van der Waals surface area contributed by atoms with Crippen molar-refractivity contribution in [2.45, 2.75) is 191 Å². The number of fused-ring (bicyclic) bond motifs is 12. The molecule has 8 aliphatic rings. The topological polar surface area (TPSA) is 0 Å². The fourth-order valence-electron chi connectivity index (χ4n) is 18.3. The van der Waals surface area contributed by atoms with Gasteiger partial charge in [0.1, 0.15) is 0 Å². The van der Waals surface area contributed by atoms with E-state index in [1.54, 1.807) is 96.3 Å². The number of hydrogen-bond acceptors (Lipinski definition) is 0. The summed E-state index contributed by atoms with van der Waals surface area (Å²) in [6.07, 6.45) is 30.9. The first-order valence-electron chi connectivity index (χ1n) is 23.0. The fourth-order valence-corrected chi connectivity index (χ4v) is 18.3. The molecule has 0 heterocycles. The van der Waals surface area contributed by atoms with Crippen molar-refractivity contribution in [2.75, 3.05) is 0 Å². The van der Waals surface area contributed by atoms with Gasteiger partial charge < -0.3 is 0 Å². The van der Waals surface area contributed by atoms with Crippen LogP contribution in [-0.2, 0) is 0 Å². The van der Waals surface area contributed by atoms with Crippen molar-refractivity contribution < 1.29 is 0 Å². The first-order valence-corrected chi connectivity index (χ1v) is 23.0. The van der Waals surface area contributed by atoms with E-state index < -0.39 is 0 Å². The van der Waals surface area contributed by atoms with E-state index in [9.17, 15) is 0 Å². The predicted molar refractivity (Wildman–Crippen MR) is 205 cm³/mol. The monoisotopic (exact) mass is 659 g/mol. The molecule has 0 aromatic heterocycles. The molecule has 48 heavy (non-hydrogen) atoms. The normalized spacial score (nSPS) is 51.3. The second-order valence-electron chi connectivity index (χ2n) is 22.3. The van der Waals surface area contributed by atoms with Gasteiger partial charge in [0.15, 0.2) is 0 Å². The minimum Gasteiger partial charge on any atom is -0.0649 e. The third-order valence-corrected chi connectivity index (χ3v) is 21.3. The van der Waals surface area contributed by atoms with Crippen LogP contribution in [0.25, 0.3) is 0 Å². The van der Waals surface area contributed by atoms with Crippen molar-refractivity contribution in [1.82, 2.24) is 0 Å². The highest BCUT2D eigenvalue weighted by molar-refractivity contribution is 5.21. The van der Waals surface area contributed by atoms with Gasteiger partial charge >= 0.3 is 0 Å². The van der Waals surface area contributed by atoms with Crippen molar-refractivity contribution in [1.29, 1.82) is 0 Å². The molecular formula is C48H82. The second-order valence-corrected chi connectivity index (χ2v) is 22.3. The van der Waals surface area contributed by atoms with Crippen molar-refractivity contribution in [3.05, 3.63) is 0 Å². The van der Waals surface area contributed by atoms with Crippen LogP contribution in [0.15, 0.2) is 0 Å². The quantitative estimate of drug-likeness (QED) is 0.266. The molecule has 8 saturated carbocycles. The molecule has 0 aromatic carbocycles. The van der Waals surface area contributed by atoms with Crippen molar-refractivity contribution in [3.8, 4) is 0 Å². The Balaban J connectivity index is 1.26. The smallest absolute Gasteiger partial charge is 0.0227 e. The summed E-state index contributed by atoms with van der Waals surface area (Å²) in [6, 6.07) is 0. The van der Waals surface area contributed by atoms with E-state index in [-0.39, 0.29) is 0 Å². The Morgan fingerprint density at radius 3 is 1.69 bits per heavy atom. The van der Waals surface area contributed by atoms with Crippen molar-refractivity contribution in [3.63, 3.8) is 0 Å². The van der Waals surface area contributed by atoms with E-state index in [2.05, 4.69) is 62.3 Å². The lowest BCUT2D eigenvalue weighted by molar-refractivity contribution is -0.108. The van der Waals surface area contributed by atoms with Gasteiger partial charge in [-0.25, -0.2) is 0 Å². The van der Waals surface area contributed by atoms with Gasteiger partial charge in [-0.3, -0.25) is 0 Å². The molecule has 0 saturated heterocycles. The highest BCUT2D eigenvalue weighted by Gasteiger charge is 2.73. The highest BCUT2D eigenvalue weighted by Crippen LogP contribution is 2.79. The highest BCUT2D eigenvalue weighted by atomic mass is 14.8. The summed E-state index contributed by atoms with van der Waals surface area (Å²) >= 11 is 0. The lowest BCUT2D eigenvalue weighted by atomic mass is 9.45. The largest absolute Gasteiger partial charge is 0.0649 e. The van der Waals surface area contributed by atoms with Gasteiger partial charge in [0.2, 0.25) is 0 Å². The lowest BCUT2D eigenvalue weighted by Crippen LogP contribution is -2.52. The molecule has 0 aromatic rings. The minimum absolute atomic E-state index is 0.518. The van der Waals surface area contributed by atoms with Crippen molar-refractivity contribution in [2.24, 2.45) is 110 Å². The molecule has 8 rings (SSSR count). The SMILES string of the molecule is CCC(C)(CC)C1CC(C(C)(CC)CC)CC2(C1)C1CC3CCCCC3CC1C1C3C4CCC5CCCCC5C4C(C)(C)C3CC(C)C12. The van der Waals surface area contributed by atoms with Crippen LogP contribution in [0.5, 0.6) is 0 Å². The Morgan fingerprint density at radius 1 is 0.521 bits per heavy atom. The molecular weight excluding hydrogens is 577 g/mol. The van der Waals surface area contributed by atoms with Crippen LogP contribution in [0, 0.1) is 110 Å². The Kier molecular flexibility index (Phi) is 9.17. The standard InChI is InChI=1S/C48H82/c1-10-46(8,11-2)34-27-35(47(9,12-3)13-4)29-48(28-34)39-26-33-20-15-14-19-32(33)25-38(39)42-41-37-23-22-31-18-16-17-21-36(31)44(37)45(6,7)40(41)24-30(5)43(42)48/h30-44H,10-29H2,1-9H3. The molecule has 0 nitrogen and oxygen atoms in total. The van der Waals surface area contributed by atoms with Crippen LogP contribution < -0.4 is 0 Å². The Labute approximate surface area is 300 Å². The summed E-state index contributed by atoms with van der Waals surface area (Å²) in [7, 11) is 0. The molecule has 0 aliphatic heterocycles. The van der Waals surface area contributed by atoms with Gasteiger partial charge in [0.05, 0.1) is 0 Å². The Bertz CT molecular complexity index is 1110. The fraction of sp³-hybridized carbons (Fsp3) is 1.00. The Hall–Kier alpha value is 0. The summed E-state index contributed by atoms with van der Waals surface area (Å²) in [5.41, 5.74) is 2.22. The molecule has 8 aliphatic carbocycles. The summed E-state index contributed by atoms with van der Waals surface area (Å²) in [6.45, 7) is 24.4. The maximum atomic E-state index is 2.87. The van der Waals surface area contributed by atoms with Gasteiger partial charge in [-0.15, -0.1) is 0 Å². The summed E-state index contributed by atoms with van der Waals surface area (Å²) in [5, 5.41) is 0. The zero-order valence-electron chi connectivity index (χ0n) is 33.8. The van der Waals surface area contributed by atoms with Crippen LogP contribution in [0.3, 0.4) is 0 Å². The zero-order valence-corrected chi connectivity index (χ0v) is 33.8. The van der Waals surface area contributed by atoms with E-state index >= 15 is 0 Å². The molecule has 0 bridgehead atoms. The lowest BCUT2D eigenvalue weighted by Gasteiger charge is -2.60. The van der Waals surface area contributed by atoms with Crippen LogP contribution in [0.4, 0.5) is 0 Å². The van der Waals surface area contributed by atoms with E-state index in [0.29, 0.717) is 21.7 Å². The summed E-state index contributed by atoms with van der Waals surface area (Å²) in [4.78, 5) is 0. The third-order valence-electron chi connectivity index (χ3n) is 21.3. The maximum absolute atomic E-state index is 2.87. The average molecular weight is 659 g/mol. The molecule has 8 fully saturated rings. The molecule has 0 N–H and O–H groups in total. The maximum Gasteiger partial charge on any atom is -0.0227 e. The predicted octanol–water partition coefficient (Wildman–Crippen LogP) is 14.3. The van der Waals surface area contributed by atoms with E-state index in [1.807, 2.05) is 0 Å². The van der Waals surface area contributed by atoms with Crippen molar-refractivity contribution >= 4 is 0 Å². The summed E-state index contributed by atoms with van der Waals surface area (Å²) < 4.78 is 0. The second kappa shape index (κ2) is 12.6. The molecule has 0 radical (unpaired) electrons. The molecule has 0 amide bonds. The van der Waals surface area contributed by atoms with Crippen LogP contribution in [0.2, 0.25) is 0 Å². The first kappa shape index (κ1) is 35.1. The van der Waals surface area contributed by atoms with Gasteiger partial charge in [-0.2, -0.15) is 0 Å². The van der Waals surface area contributed by atoms with E-state index in [0.717, 1.165) is 88.8 Å². The molecule has 15 atom stereocenters. The molecule has 274 valence electrons.